The number of methoxy groups -OCH3 is 1. The van der Waals surface area contributed by atoms with Crippen molar-refractivity contribution in [2.24, 2.45) is 0 Å². The molecule has 0 fully saturated rings. The number of nitrogens with one attached hydrogen (secondary N) is 1. The van der Waals surface area contributed by atoms with Gasteiger partial charge in [0.2, 0.25) is 6.79 Å². The van der Waals surface area contributed by atoms with Crippen molar-refractivity contribution in [2.45, 2.75) is 0 Å². The van der Waals surface area contributed by atoms with Crippen molar-refractivity contribution in [3.63, 3.8) is 0 Å². The molecule has 0 spiro atoms. The summed E-state index contributed by atoms with van der Waals surface area (Å²) >= 11 is 1.22. The number of ketones is 1. The number of aromatic amines is 1. The molecule has 1 N–H and O–H groups in total. The fraction of sp³-hybridized carbons (Fsp3) is 0.100. The highest BCUT2D eigenvalue weighted by Gasteiger charge is 2.12. The van der Waals surface area contributed by atoms with Crippen molar-refractivity contribution >= 4 is 29.3 Å². The maximum Gasteiger partial charge on any atom is 0.266 e. The van der Waals surface area contributed by atoms with Gasteiger partial charge in [0.25, 0.3) is 5.56 Å². The molecule has 0 unspecified atom stereocenters. The van der Waals surface area contributed by atoms with Gasteiger partial charge in [-0.25, -0.2) is 0 Å². The van der Waals surface area contributed by atoms with E-state index in [1.807, 2.05) is 12.1 Å². The van der Waals surface area contributed by atoms with Crippen molar-refractivity contribution in [3.8, 4) is 17.2 Å². The highest BCUT2D eigenvalue weighted by molar-refractivity contribution is 7.07. The average Bonchev–Trinajstić information content (AvgIpc) is 3.28. The topological polar surface area (TPSA) is 77.6 Å². The monoisotopic (exact) mass is 381 g/mol. The second-order valence-corrected chi connectivity index (χ2v) is 6.86. The van der Waals surface area contributed by atoms with Crippen LogP contribution in [0, 0.1) is 0 Å². The van der Waals surface area contributed by atoms with E-state index in [-0.39, 0.29) is 18.1 Å². The Labute approximate surface area is 158 Å². The van der Waals surface area contributed by atoms with Gasteiger partial charge in [-0.1, -0.05) is 6.07 Å². The lowest BCUT2D eigenvalue weighted by Gasteiger charge is -1.99. The van der Waals surface area contributed by atoms with Crippen LogP contribution in [0.15, 0.2) is 47.3 Å². The number of carbonyl (C=O) groups is 1. The average molecular weight is 381 g/mol. The Bertz CT molecular complexity index is 1170. The van der Waals surface area contributed by atoms with Crippen molar-refractivity contribution in [3.05, 3.63) is 73.1 Å². The smallest absolute Gasteiger partial charge is 0.266 e. The third kappa shape index (κ3) is 3.63. The molecule has 0 saturated carbocycles. The first-order valence-corrected chi connectivity index (χ1v) is 8.95. The Morgan fingerprint density at radius 1 is 1.15 bits per heavy atom. The molecule has 136 valence electrons. The minimum Gasteiger partial charge on any atom is -0.497 e. The molecule has 7 heteroatoms. The number of aromatic nitrogens is 1. The number of fused-ring (bicyclic) bond motifs is 1. The van der Waals surface area contributed by atoms with Gasteiger partial charge in [-0.2, -0.15) is 0 Å². The Morgan fingerprint density at radius 2 is 1.93 bits per heavy atom. The maximum atomic E-state index is 12.4. The molecule has 0 amide bonds. The molecular formula is C20H15NO5S. The van der Waals surface area contributed by atoms with Crippen LogP contribution in [0.3, 0.4) is 0 Å². The van der Waals surface area contributed by atoms with Gasteiger partial charge in [-0.15, -0.1) is 11.3 Å². The molecule has 1 aromatic heterocycles. The van der Waals surface area contributed by atoms with Crippen LogP contribution >= 0.6 is 11.3 Å². The lowest BCUT2D eigenvalue weighted by molar-refractivity contribution is 0.106. The number of benzene rings is 2. The Balaban J connectivity index is 1.65. The lowest BCUT2D eigenvalue weighted by Crippen LogP contribution is -2.20. The molecular weight excluding hydrogens is 366 g/mol. The first-order chi connectivity index (χ1) is 13.1. The van der Waals surface area contributed by atoms with Gasteiger partial charge in [-0.3, -0.25) is 9.59 Å². The Hall–Kier alpha value is -3.32. The summed E-state index contributed by atoms with van der Waals surface area (Å²) in [6.45, 7) is 0.199. The molecule has 0 aliphatic carbocycles. The van der Waals surface area contributed by atoms with Gasteiger partial charge in [0.1, 0.15) is 5.75 Å². The zero-order chi connectivity index (χ0) is 18.8. The first-order valence-electron chi connectivity index (χ1n) is 8.13. The second kappa shape index (κ2) is 7.13. The summed E-state index contributed by atoms with van der Waals surface area (Å²) in [6.07, 6.45) is 3.17. The third-order valence-electron chi connectivity index (χ3n) is 4.01. The van der Waals surface area contributed by atoms with E-state index in [9.17, 15) is 9.59 Å². The van der Waals surface area contributed by atoms with E-state index in [1.165, 1.54) is 17.4 Å². The third-order valence-corrected chi connectivity index (χ3v) is 4.97. The Morgan fingerprint density at radius 3 is 2.70 bits per heavy atom. The minimum atomic E-state index is -0.244. The number of thiazole rings is 1. The number of rotatable bonds is 4. The zero-order valence-electron chi connectivity index (χ0n) is 14.4. The van der Waals surface area contributed by atoms with Gasteiger partial charge >= 0.3 is 0 Å². The van der Waals surface area contributed by atoms with Crippen molar-refractivity contribution in [1.29, 1.82) is 0 Å². The molecule has 0 saturated heterocycles. The van der Waals surface area contributed by atoms with E-state index in [0.29, 0.717) is 32.0 Å². The van der Waals surface area contributed by atoms with Crippen LogP contribution in [0.2, 0.25) is 0 Å². The van der Waals surface area contributed by atoms with E-state index in [2.05, 4.69) is 4.98 Å². The fourth-order valence-electron chi connectivity index (χ4n) is 2.64. The number of Topliss-reactive ketones (excluding diaryl/α,β-unsaturated/α-hetero) is 1. The molecule has 3 aromatic rings. The standard InChI is InChI=1S/C20H15NO5S/c1-24-14-5-3-13(4-6-14)15(22)10-19-21-20(23)18(27-19)9-12-2-7-16-17(8-12)26-11-25-16/h2-10H,11H2,1H3,(H,21,23). The zero-order valence-corrected chi connectivity index (χ0v) is 15.2. The molecule has 2 aromatic carbocycles. The summed E-state index contributed by atoms with van der Waals surface area (Å²) in [7, 11) is 1.57. The predicted octanol–water partition coefficient (Wildman–Crippen LogP) is 1.67. The van der Waals surface area contributed by atoms with E-state index >= 15 is 0 Å². The second-order valence-electron chi connectivity index (χ2n) is 5.78. The van der Waals surface area contributed by atoms with Crippen LogP contribution < -0.4 is 29.0 Å². The maximum absolute atomic E-state index is 12.4. The van der Waals surface area contributed by atoms with Crippen LogP contribution in [-0.2, 0) is 0 Å². The summed E-state index contributed by atoms with van der Waals surface area (Å²) in [4.78, 5) is 27.3. The van der Waals surface area contributed by atoms with Crippen LogP contribution in [0.4, 0.5) is 0 Å². The predicted molar refractivity (Wildman–Crippen MR) is 102 cm³/mol. The van der Waals surface area contributed by atoms with Crippen LogP contribution in [0.1, 0.15) is 15.9 Å². The Kier molecular flexibility index (Phi) is 4.52. The van der Waals surface area contributed by atoms with E-state index in [4.69, 9.17) is 14.2 Å². The van der Waals surface area contributed by atoms with Crippen LogP contribution in [0.5, 0.6) is 17.2 Å². The molecule has 6 nitrogen and oxygen atoms in total. The largest absolute Gasteiger partial charge is 0.497 e. The van der Waals surface area contributed by atoms with Gasteiger partial charge in [0.15, 0.2) is 17.3 Å². The molecule has 4 rings (SSSR count). The highest BCUT2D eigenvalue weighted by Crippen LogP contribution is 2.32. The highest BCUT2D eigenvalue weighted by atomic mass is 32.1. The van der Waals surface area contributed by atoms with E-state index in [0.717, 1.165) is 5.56 Å². The number of ether oxygens (including phenoxy) is 3. The van der Waals surface area contributed by atoms with E-state index < -0.39 is 0 Å². The molecule has 0 radical (unpaired) electrons. The van der Waals surface area contributed by atoms with Gasteiger partial charge in [0, 0.05) is 11.6 Å². The van der Waals surface area contributed by atoms with E-state index in [1.54, 1.807) is 43.5 Å². The van der Waals surface area contributed by atoms with Crippen LogP contribution in [0.25, 0.3) is 12.2 Å². The number of carbonyl (C=O) groups excluding carboxylic acids is 1. The first kappa shape index (κ1) is 17.1. The van der Waals surface area contributed by atoms with Gasteiger partial charge < -0.3 is 19.2 Å². The molecule has 0 atom stereocenters. The number of hydrogen-bond acceptors (Lipinski definition) is 6. The fourth-order valence-corrected chi connectivity index (χ4v) is 3.52. The molecule has 1 aliphatic rings. The van der Waals surface area contributed by atoms with Crippen molar-refractivity contribution < 1.29 is 19.0 Å². The SMILES string of the molecule is COc1ccc(C(=O)C=c2[nH]c(=O)c(=Cc3ccc4c(c3)OCO4)s2)cc1. The molecule has 0 bridgehead atoms. The molecule has 27 heavy (non-hydrogen) atoms. The number of hydrogen-bond donors (Lipinski definition) is 1. The summed E-state index contributed by atoms with van der Waals surface area (Å²) < 4.78 is 16.7. The van der Waals surface area contributed by atoms with Gasteiger partial charge in [-0.05, 0) is 48.0 Å². The molecule has 2 heterocycles. The van der Waals surface area contributed by atoms with Gasteiger partial charge in [0.05, 0.1) is 16.3 Å². The normalized spacial score (nSPS) is 13.8. The van der Waals surface area contributed by atoms with Crippen molar-refractivity contribution in [2.75, 3.05) is 13.9 Å². The van der Waals surface area contributed by atoms with Crippen molar-refractivity contribution in [1.82, 2.24) is 4.98 Å². The summed E-state index contributed by atoms with van der Waals surface area (Å²) in [5.41, 5.74) is 1.09. The number of H-pyrrole nitrogens is 1. The quantitative estimate of drug-likeness (QED) is 0.696. The summed E-state index contributed by atoms with van der Waals surface area (Å²) in [5, 5.41) is 0. The van der Waals surface area contributed by atoms with Crippen LogP contribution in [-0.4, -0.2) is 24.7 Å². The molecule has 1 aliphatic heterocycles. The minimum absolute atomic E-state index is 0.190. The summed E-state index contributed by atoms with van der Waals surface area (Å²) in [5.74, 6) is 1.83. The lowest BCUT2D eigenvalue weighted by atomic mass is 10.1. The summed E-state index contributed by atoms with van der Waals surface area (Å²) in [6, 6.07) is 12.3.